The molecule has 0 saturated carbocycles. The minimum atomic E-state index is -0.162. The van der Waals surface area contributed by atoms with E-state index in [0.717, 1.165) is 22.4 Å². The van der Waals surface area contributed by atoms with Crippen LogP contribution < -0.4 is 5.32 Å². The number of rotatable bonds is 4. The van der Waals surface area contributed by atoms with Gasteiger partial charge >= 0.3 is 0 Å². The number of hydrogen-bond donors (Lipinski definition) is 2. The molecule has 1 amide bonds. The molecule has 0 heterocycles. The van der Waals surface area contributed by atoms with Gasteiger partial charge in [0.15, 0.2) is 0 Å². The average molecular weight is 368 g/mol. The Morgan fingerprint density at radius 3 is 1.85 bits per heavy atom. The molecule has 0 aliphatic rings. The number of benzene rings is 2. The van der Waals surface area contributed by atoms with Crippen molar-refractivity contribution in [3.8, 4) is 5.75 Å². The number of amides is 1. The normalized spacial score (nSPS) is 12.1. The van der Waals surface area contributed by atoms with Gasteiger partial charge in [0.05, 0.1) is 0 Å². The molecule has 0 unspecified atom stereocenters. The Labute approximate surface area is 163 Å². The van der Waals surface area contributed by atoms with E-state index < -0.39 is 0 Å². The number of carbonyl (C=O) groups is 1. The summed E-state index contributed by atoms with van der Waals surface area (Å²) < 4.78 is 0. The summed E-state index contributed by atoms with van der Waals surface area (Å²) in [5, 5.41) is 13.8. The summed E-state index contributed by atoms with van der Waals surface area (Å²) in [6, 6.07) is 11.9. The summed E-state index contributed by atoms with van der Waals surface area (Å²) in [4.78, 5) is 12.3. The van der Waals surface area contributed by atoms with E-state index in [2.05, 4.69) is 46.9 Å². The third-order valence-electron chi connectivity index (χ3n) is 4.76. The molecule has 0 aromatic heterocycles. The standard InChI is InChI=1S/C24H33NO2/c1-16-8-11-18(12-9-16)25-21(26)13-10-17-14-19(23(2,3)4)22(27)20(15-17)24(5,6)7/h8-9,11-12,14-15,27H,10,13H2,1-7H3,(H,25,26). The number of hydrogen-bond acceptors (Lipinski definition) is 2. The molecular formula is C24H33NO2. The van der Waals surface area contributed by atoms with E-state index in [-0.39, 0.29) is 16.7 Å². The number of anilines is 1. The van der Waals surface area contributed by atoms with Crippen molar-refractivity contribution >= 4 is 11.6 Å². The maximum Gasteiger partial charge on any atom is 0.224 e. The van der Waals surface area contributed by atoms with Crippen molar-refractivity contribution in [2.45, 2.75) is 72.1 Å². The number of phenols is 1. The largest absolute Gasteiger partial charge is 0.507 e. The maximum absolute atomic E-state index is 12.3. The highest BCUT2D eigenvalue weighted by atomic mass is 16.3. The molecule has 2 aromatic rings. The van der Waals surface area contributed by atoms with Crippen LogP contribution in [0.3, 0.4) is 0 Å². The lowest BCUT2D eigenvalue weighted by atomic mass is 9.78. The molecule has 146 valence electrons. The van der Waals surface area contributed by atoms with Gasteiger partial charge in [0.25, 0.3) is 0 Å². The third kappa shape index (κ3) is 5.59. The van der Waals surface area contributed by atoms with Crippen molar-refractivity contribution in [2.75, 3.05) is 5.32 Å². The lowest BCUT2D eigenvalue weighted by Gasteiger charge is -2.28. The van der Waals surface area contributed by atoms with Crippen LogP contribution in [0.25, 0.3) is 0 Å². The molecular weight excluding hydrogens is 334 g/mol. The summed E-state index contributed by atoms with van der Waals surface area (Å²) in [5.41, 5.74) is 4.62. The molecule has 0 radical (unpaired) electrons. The predicted octanol–water partition coefficient (Wildman–Crippen LogP) is 5.87. The quantitative estimate of drug-likeness (QED) is 0.710. The molecule has 3 nitrogen and oxygen atoms in total. The van der Waals surface area contributed by atoms with Crippen LogP contribution in [-0.2, 0) is 22.0 Å². The fourth-order valence-corrected chi connectivity index (χ4v) is 3.10. The highest BCUT2D eigenvalue weighted by Crippen LogP contribution is 2.40. The average Bonchev–Trinajstić information content (AvgIpc) is 2.54. The SMILES string of the molecule is Cc1ccc(NC(=O)CCc2cc(C(C)(C)C)c(O)c(C(C)(C)C)c2)cc1. The Balaban J connectivity index is 2.20. The highest BCUT2D eigenvalue weighted by Gasteiger charge is 2.26. The van der Waals surface area contributed by atoms with E-state index >= 15 is 0 Å². The van der Waals surface area contributed by atoms with E-state index in [1.807, 2.05) is 43.3 Å². The van der Waals surface area contributed by atoms with Gasteiger partial charge in [-0.2, -0.15) is 0 Å². The van der Waals surface area contributed by atoms with Crippen molar-refractivity contribution in [3.63, 3.8) is 0 Å². The topological polar surface area (TPSA) is 49.3 Å². The van der Waals surface area contributed by atoms with Crippen LogP contribution in [0.15, 0.2) is 36.4 Å². The second-order valence-corrected chi connectivity index (χ2v) is 9.45. The summed E-state index contributed by atoms with van der Waals surface area (Å²) in [5.74, 6) is 0.379. The smallest absolute Gasteiger partial charge is 0.224 e. The van der Waals surface area contributed by atoms with Crippen LogP contribution >= 0.6 is 0 Å². The monoisotopic (exact) mass is 367 g/mol. The van der Waals surface area contributed by atoms with Gasteiger partial charge in [-0.15, -0.1) is 0 Å². The van der Waals surface area contributed by atoms with E-state index in [4.69, 9.17) is 0 Å². The summed E-state index contributed by atoms with van der Waals surface area (Å²) in [6.07, 6.45) is 1.05. The van der Waals surface area contributed by atoms with Crippen LogP contribution in [0.5, 0.6) is 5.75 Å². The van der Waals surface area contributed by atoms with Crippen molar-refractivity contribution in [1.82, 2.24) is 0 Å². The van der Waals surface area contributed by atoms with E-state index in [0.29, 0.717) is 18.6 Å². The fourth-order valence-electron chi connectivity index (χ4n) is 3.10. The van der Waals surface area contributed by atoms with Crippen molar-refractivity contribution in [3.05, 3.63) is 58.7 Å². The molecule has 3 heteroatoms. The van der Waals surface area contributed by atoms with Gasteiger partial charge in [0, 0.05) is 12.1 Å². The van der Waals surface area contributed by atoms with Gasteiger partial charge in [-0.25, -0.2) is 0 Å². The molecule has 2 rings (SSSR count). The minimum absolute atomic E-state index is 0.00143. The summed E-state index contributed by atoms with van der Waals surface area (Å²) >= 11 is 0. The molecule has 0 spiro atoms. The molecule has 0 aliphatic carbocycles. The maximum atomic E-state index is 12.3. The number of aromatic hydroxyl groups is 1. The van der Waals surface area contributed by atoms with Crippen LogP contribution in [0.4, 0.5) is 5.69 Å². The van der Waals surface area contributed by atoms with Gasteiger partial charge < -0.3 is 10.4 Å². The second-order valence-electron chi connectivity index (χ2n) is 9.45. The van der Waals surface area contributed by atoms with E-state index in [1.54, 1.807) is 0 Å². The fraction of sp³-hybridized carbons (Fsp3) is 0.458. The molecule has 2 N–H and O–H groups in total. The van der Waals surface area contributed by atoms with Crippen LogP contribution in [-0.4, -0.2) is 11.0 Å². The molecule has 27 heavy (non-hydrogen) atoms. The number of carbonyl (C=O) groups excluding carboxylic acids is 1. The number of nitrogens with one attached hydrogen (secondary N) is 1. The van der Waals surface area contributed by atoms with Crippen LogP contribution in [0, 0.1) is 6.92 Å². The van der Waals surface area contributed by atoms with Gasteiger partial charge in [0.2, 0.25) is 5.91 Å². The third-order valence-corrected chi connectivity index (χ3v) is 4.76. The molecule has 0 aliphatic heterocycles. The van der Waals surface area contributed by atoms with Crippen molar-refractivity contribution < 1.29 is 9.90 Å². The lowest BCUT2D eigenvalue weighted by molar-refractivity contribution is -0.116. The summed E-state index contributed by atoms with van der Waals surface area (Å²) in [7, 11) is 0. The Hall–Kier alpha value is -2.29. The van der Waals surface area contributed by atoms with Gasteiger partial charge in [-0.05, 0) is 53.0 Å². The highest BCUT2D eigenvalue weighted by molar-refractivity contribution is 5.90. The molecule has 2 aromatic carbocycles. The van der Waals surface area contributed by atoms with Gasteiger partial charge in [0.1, 0.15) is 5.75 Å². The first-order valence-electron chi connectivity index (χ1n) is 9.61. The zero-order chi connectivity index (χ0) is 20.4. The number of aryl methyl sites for hydroxylation is 2. The van der Waals surface area contributed by atoms with Gasteiger partial charge in [-0.1, -0.05) is 71.4 Å². The molecule has 0 fully saturated rings. The Morgan fingerprint density at radius 2 is 1.41 bits per heavy atom. The number of phenolic OH excluding ortho intramolecular Hbond substituents is 1. The second kappa shape index (κ2) is 7.75. The molecule has 0 atom stereocenters. The Kier molecular flexibility index (Phi) is 6.04. The first-order chi connectivity index (χ1) is 12.4. The molecule has 0 bridgehead atoms. The van der Waals surface area contributed by atoms with Crippen LogP contribution in [0.2, 0.25) is 0 Å². The molecule has 0 saturated heterocycles. The zero-order valence-electron chi connectivity index (χ0n) is 17.7. The first kappa shape index (κ1) is 21.0. The lowest BCUT2D eigenvalue weighted by Crippen LogP contribution is -2.18. The predicted molar refractivity (Wildman–Crippen MR) is 114 cm³/mol. The van der Waals surface area contributed by atoms with E-state index in [1.165, 1.54) is 5.56 Å². The minimum Gasteiger partial charge on any atom is -0.507 e. The van der Waals surface area contributed by atoms with E-state index in [9.17, 15) is 9.90 Å². The first-order valence-corrected chi connectivity index (χ1v) is 9.61. The van der Waals surface area contributed by atoms with Crippen LogP contribution in [0.1, 0.15) is 70.2 Å². The van der Waals surface area contributed by atoms with Gasteiger partial charge in [-0.3, -0.25) is 4.79 Å². The Bertz CT molecular complexity index is 771. The van der Waals surface area contributed by atoms with Crippen molar-refractivity contribution in [1.29, 1.82) is 0 Å². The van der Waals surface area contributed by atoms with Crippen molar-refractivity contribution in [2.24, 2.45) is 0 Å². The zero-order valence-corrected chi connectivity index (χ0v) is 17.7. The Morgan fingerprint density at radius 1 is 0.926 bits per heavy atom. The summed E-state index contributed by atoms with van der Waals surface area (Å²) in [6.45, 7) is 14.6.